The summed E-state index contributed by atoms with van der Waals surface area (Å²) >= 11 is 0.719. The largest absolute Gasteiger partial charge is 0.465 e. The Hall–Kier alpha value is -4.45. The summed E-state index contributed by atoms with van der Waals surface area (Å²) in [6.45, 7) is 3.43. The maximum atomic E-state index is 14.1. The van der Waals surface area contributed by atoms with E-state index in [-0.39, 0.29) is 29.4 Å². The number of nitrogens with zero attached hydrogens (tertiary/aromatic N) is 3. The van der Waals surface area contributed by atoms with Crippen LogP contribution in [0, 0.1) is 0 Å². The molecule has 0 spiro atoms. The molecular weight excluding hydrogens is 520 g/mol. The Labute approximate surface area is 230 Å². The van der Waals surface area contributed by atoms with E-state index in [1.165, 1.54) is 4.90 Å². The van der Waals surface area contributed by atoms with Crippen molar-refractivity contribution in [2.24, 2.45) is 5.73 Å². The van der Waals surface area contributed by atoms with Crippen LogP contribution in [0.25, 0.3) is 0 Å². The number of carbonyl (C=O) groups is 4. The van der Waals surface area contributed by atoms with Gasteiger partial charge in [-0.2, -0.15) is 4.37 Å². The van der Waals surface area contributed by atoms with Crippen molar-refractivity contribution >= 4 is 52.3 Å². The summed E-state index contributed by atoms with van der Waals surface area (Å²) in [6, 6.07) is 13.0. The van der Waals surface area contributed by atoms with Gasteiger partial charge in [-0.1, -0.05) is 31.2 Å². The number of nitrogen functional groups attached to an aromatic ring is 1. The predicted molar refractivity (Wildman–Crippen MR) is 151 cm³/mol. The number of benzene rings is 2. The van der Waals surface area contributed by atoms with Crippen LogP contribution >= 0.6 is 11.5 Å². The molecule has 3 aromatic rings. The smallest absolute Gasteiger partial charge is 0.325 e. The minimum absolute atomic E-state index is 0.0449. The van der Waals surface area contributed by atoms with E-state index in [9.17, 15) is 19.2 Å². The fourth-order valence-electron chi connectivity index (χ4n) is 3.85. The molecule has 12 heteroatoms. The van der Waals surface area contributed by atoms with Gasteiger partial charge in [-0.25, -0.2) is 0 Å². The summed E-state index contributed by atoms with van der Waals surface area (Å²) in [5.74, 6) is -2.76. The predicted octanol–water partition coefficient (Wildman–Crippen LogP) is 2.52. The molecule has 11 nitrogen and oxygen atoms in total. The molecule has 0 saturated heterocycles. The molecule has 206 valence electrons. The van der Waals surface area contributed by atoms with Crippen LogP contribution < -0.4 is 26.6 Å². The van der Waals surface area contributed by atoms with Crippen molar-refractivity contribution in [3.63, 3.8) is 0 Å². The van der Waals surface area contributed by atoms with Crippen molar-refractivity contribution in [2.75, 3.05) is 42.8 Å². The maximum absolute atomic E-state index is 14.1. The Morgan fingerprint density at radius 2 is 1.62 bits per heavy atom. The number of nitrogens with two attached hydrogens (primary N) is 2. The molecule has 3 rings (SSSR count). The molecule has 0 fully saturated rings. The van der Waals surface area contributed by atoms with Crippen LogP contribution in [0.5, 0.6) is 0 Å². The number of hydrogen-bond acceptors (Lipinski definition) is 9. The third kappa shape index (κ3) is 6.71. The minimum atomic E-state index is -1.21. The fourth-order valence-corrected chi connectivity index (χ4v) is 4.60. The first-order valence-electron chi connectivity index (χ1n) is 12.3. The van der Waals surface area contributed by atoms with Crippen LogP contribution in [0.2, 0.25) is 0 Å². The molecule has 5 N–H and O–H groups in total. The van der Waals surface area contributed by atoms with Gasteiger partial charge in [0.15, 0.2) is 5.69 Å². The number of amides is 3. The third-order valence-electron chi connectivity index (χ3n) is 5.94. The van der Waals surface area contributed by atoms with Gasteiger partial charge in [0.2, 0.25) is 5.91 Å². The van der Waals surface area contributed by atoms with Gasteiger partial charge >= 0.3 is 5.97 Å². The van der Waals surface area contributed by atoms with Gasteiger partial charge in [-0.3, -0.25) is 24.1 Å². The van der Waals surface area contributed by atoms with Crippen molar-refractivity contribution in [2.45, 2.75) is 26.3 Å². The molecule has 0 aliphatic rings. The summed E-state index contributed by atoms with van der Waals surface area (Å²) in [6.07, 6.45) is 0.771. The number of rotatable bonds is 11. The van der Waals surface area contributed by atoms with E-state index in [0.717, 1.165) is 29.2 Å². The molecule has 0 aliphatic heterocycles. The molecule has 1 aromatic heterocycles. The molecule has 0 unspecified atom stereocenters. The van der Waals surface area contributed by atoms with Gasteiger partial charge in [-0.15, -0.1) is 0 Å². The highest BCUT2D eigenvalue weighted by Gasteiger charge is 2.36. The highest BCUT2D eigenvalue weighted by atomic mass is 32.1. The monoisotopic (exact) mass is 552 g/mol. The molecule has 0 bridgehead atoms. The molecule has 0 aliphatic carbocycles. The molecule has 2 aromatic carbocycles. The van der Waals surface area contributed by atoms with E-state index >= 15 is 0 Å². The first-order valence-corrected chi connectivity index (χ1v) is 13.0. The van der Waals surface area contributed by atoms with E-state index < -0.39 is 29.7 Å². The highest BCUT2D eigenvalue weighted by molar-refractivity contribution is 7.09. The van der Waals surface area contributed by atoms with Crippen LogP contribution in [0.1, 0.15) is 51.2 Å². The van der Waals surface area contributed by atoms with Crippen molar-refractivity contribution in [3.05, 3.63) is 70.2 Å². The minimum Gasteiger partial charge on any atom is -0.465 e. The lowest BCUT2D eigenvalue weighted by Crippen LogP contribution is -2.45. The second-order valence-corrected chi connectivity index (χ2v) is 9.52. The van der Waals surface area contributed by atoms with E-state index in [0.29, 0.717) is 11.3 Å². The zero-order valence-corrected chi connectivity index (χ0v) is 23.1. The number of nitrogens with one attached hydrogen (secondary N) is 1. The first-order chi connectivity index (χ1) is 18.6. The van der Waals surface area contributed by atoms with Gasteiger partial charge in [0, 0.05) is 25.5 Å². The van der Waals surface area contributed by atoms with Crippen LogP contribution in [0.3, 0.4) is 0 Å². The van der Waals surface area contributed by atoms with Crippen LogP contribution in [-0.2, 0) is 20.7 Å². The van der Waals surface area contributed by atoms with Gasteiger partial charge in [0.1, 0.15) is 17.5 Å². The zero-order valence-electron chi connectivity index (χ0n) is 22.3. The van der Waals surface area contributed by atoms with E-state index in [1.54, 1.807) is 31.2 Å². The summed E-state index contributed by atoms with van der Waals surface area (Å²) in [4.78, 5) is 54.7. The molecule has 39 heavy (non-hydrogen) atoms. The lowest BCUT2D eigenvalue weighted by molar-refractivity contribution is -0.143. The summed E-state index contributed by atoms with van der Waals surface area (Å²) in [5, 5.41) is 2.59. The van der Waals surface area contributed by atoms with Crippen molar-refractivity contribution in [3.8, 4) is 0 Å². The normalized spacial score (nSPS) is 11.4. The van der Waals surface area contributed by atoms with Crippen LogP contribution in [0.4, 0.5) is 17.1 Å². The second kappa shape index (κ2) is 12.9. The number of anilines is 3. The number of aromatic nitrogens is 1. The van der Waals surface area contributed by atoms with E-state index in [4.69, 9.17) is 16.2 Å². The Kier molecular flexibility index (Phi) is 9.61. The van der Waals surface area contributed by atoms with Crippen LogP contribution in [-0.4, -0.2) is 55.3 Å². The van der Waals surface area contributed by atoms with Gasteiger partial charge in [0.25, 0.3) is 11.8 Å². The van der Waals surface area contributed by atoms with Gasteiger partial charge in [-0.05, 0) is 60.3 Å². The molecule has 1 atom stereocenters. The first kappa shape index (κ1) is 29.1. The highest BCUT2D eigenvalue weighted by Crippen LogP contribution is 2.34. The number of carbonyl (C=O) groups excluding carboxylic acids is 4. The van der Waals surface area contributed by atoms with Gasteiger partial charge < -0.3 is 26.4 Å². The summed E-state index contributed by atoms with van der Waals surface area (Å²) < 4.78 is 8.90. The van der Waals surface area contributed by atoms with E-state index in [1.807, 2.05) is 50.2 Å². The standard InChI is InChI=1S/C27H32N6O5S/c1-5-16-7-11-19(12-8-16)33(27(37)24-21(28)22(25(29)35)31-39-24)23(26(36)30-15-20(34)38-6-2)17-9-13-18(14-10-17)32(3)4/h7-14,23H,5-6,15,28H2,1-4H3,(H2,29,35)(H,30,36)/t23-/m0/s1. The Morgan fingerprint density at radius 1 is 1.00 bits per heavy atom. The quantitative estimate of drug-likeness (QED) is 0.306. The van der Waals surface area contributed by atoms with Crippen molar-refractivity contribution in [1.82, 2.24) is 9.69 Å². The summed E-state index contributed by atoms with van der Waals surface area (Å²) in [7, 11) is 3.76. The average molecular weight is 553 g/mol. The molecule has 1 heterocycles. The molecular formula is C27H32N6O5S. The molecule has 3 amide bonds. The number of esters is 1. The van der Waals surface area contributed by atoms with Gasteiger partial charge in [0.05, 0.1) is 12.3 Å². The van der Waals surface area contributed by atoms with E-state index in [2.05, 4.69) is 9.69 Å². The number of ether oxygens (including phenoxy) is 1. The molecule has 0 radical (unpaired) electrons. The maximum Gasteiger partial charge on any atom is 0.325 e. The second-order valence-electron chi connectivity index (χ2n) is 8.74. The number of primary amides is 1. The lowest BCUT2D eigenvalue weighted by Gasteiger charge is -2.31. The molecule has 0 saturated carbocycles. The SMILES string of the molecule is CCOC(=O)CNC(=O)[C@H](c1ccc(N(C)C)cc1)N(C(=O)c1snc(C(N)=O)c1N)c1ccc(CC)cc1. The lowest BCUT2D eigenvalue weighted by atomic mass is 10.0. The van der Waals surface area contributed by atoms with Crippen molar-refractivity contribution < 1.29 is 23.9 Å². The Bertz CT molecular complexity index is 1340. The fraction of sp³-hybridized carbons (Fsp3) is 0.296. The topological polar surface area (TPSA) is 161 Å². The third-order valence-corrected chi connectivity index (χ3v) is 6.79. The Balaban J connectivity index is 2.17. The number of hydrogen-bond donors (Lipinski definition) is 3. The zero-order chi connectivity index (χ0) is 28.7. The van der Waals surface area contributed by atoms with Crippen molar-refractivity contribution in [1.29, 1.82) is 0 Å². The average Bonchev–Trinajstić information content (AvgIpc) is 3.32. The Morgan fingerprint density at radius 3 is 2.13 bits per heavy atom. The number of aryl methyl sites for hydroxylation is 1. The van der Waals surface area contributed by atoms with Crippen LogP contribution in [0.15, 0.2) is 48.5 Å². The summed E-state index contributed by atoms with van der Waals surface area (Å²) in [5.41, 5.74) is 13.9.